The van der Waals surface area contributed by atoms with Crippen LogP contribution >= 0.6 is 11.8 Å². The van der Waals surface area contributed by atoms with Crippen molar-refractivity contribution in [2.75, 3.05) is 26.4 Å². The molecule has 0 fully saturated rings. The first-order valence-corrected chi connectivity index (χ1v) is 5.23. The first-order valence-electron chi connectivity index (χ1n) is 5.51. The molecule has 0 saturated carbocycles. The third-order valence-electron chi connectivity index (χ3n) is 1.16. The van der Waals surface area contributed by atoms with E-state index >= 15 is 0 Å². The highest BCUT2D eigenvalue weighted by Crippen LogP contribution is 2.04. The molecule has 0 aromatic rings. The fraction of sp³-hybridized carbons (Fsp3) is 0.625. The van der Waals surface area contributed by atoms with Gasteiger partial charge in [-0.15, -0.1) is 0 Å². The second-order valence-electron chi connectivity index (χ2n) is 2.28. The predicted molar refractivity (Wildman–Crippen MR) is 58.2 cm³/mol. The smallest absolute Gasteiger partial charge is 0.436 e. The fourth-order valence-corrected chi connectivity index (χ4v) is 1.10. The van der Waals surface area contributed by atoms with Crippen molar-refractivity contribution in [2.24, 2.45) is 4.99 Å². The number of aliphatic carboxylic acids is 1. The number of rotatable bonds is 3. The van der Waals surface area contributed by atoms with Crippen LogP contribution in [-0.4, -0.2) is 53.6 Å². The lowest BCUT2D eigenvalue weighted by atomic mass is 10.6. The van der Waals surface area contributed by atoms with Crippen LogP contribution in [0, 0.1) is 0 Å². The molecule has 0 heterocycles. The molecule has 0 spiro atoms. The van der Waals surface area contributed by atoms with E-state index in [4.69, 9.17) is 9.22 Å². The number of thioether (sulfide) groups is 1. The Morgan fingerprint density at radius 2 is 2.33 bits per heavy atom. The molecule has 1 N–H and O–H groups in total. The number of carboxylic acid groups (broad SMARTS) is 1. The molecule has 86 valence electrons. The zero-order valence-electron chi connectivity index (χ0n) is 11.4. The van der Waals surface area contributed by atoms with Crippen LogP contribution in [0.4, 0.5) is 4.79 Å². The summed E-state index contributed by atoms with van der Waals surface area (Å²) in [6.07, 6.45) is 0.528. The Labute approximate surface area is 96.5 Å². The van der Waals surface area contributed by atoms with Crippen molar-refractivity contribution in [2.45, 2.75) is 6.92 Å². The third kappa shape index (κ3) is 5.95. The van der Waals surface area contributed by atoms with Gasteiger partial charge in [0.1, 0.15) is 6.54 Å². The van der Waals surface area contributed by atoms with Crippen molar-refractivity contribution in [3.63, 3.8) is 0 Å². The number of aliphatic imine (C=N–C) groups is 1. The van der Waals surface area contributed by atoms with Crippen molar-refractivity contribution in [3.8, 4) is 0 Å². The van der Waals surface area contributed by atoms with Crippen molar-refractivity contribution < 1.29 is 23.5 Å². The lowest BCUT2D eigenvalue weighted by molar-refractivity contribution is -0.137. The number of hydrogen-bond donors (Lipinski definition) is 1. The van der Waals surface area contributed by atoms with Gasteiger partial charge in [-0.05, 0) is 13.2 Å². The van der Waals surface area contributed by atoms with Crippen LogP contribution in [0.2, 0.25) is 0 Å². The Hall–Kier alpha value is -1.24. The van der Waals surface area contributed by atoms with E-state index in [9.17, 15) is 9.59 Å². The van der Waals surface area contributed by atoms with Crippen molar-refractivity contribution in [1.29, 1.82) is 0 Å². The van der Waals surface area contributed by atoms with Gasteiger partial charge in [0.2, 0.25) is 0 Å². The van der Waals surface area contributed by atoms with Gasteiger partial charge in [-0.3, -0.25) is 4.79 Å². The molecule has 1 amide bonds. The number of carboxylic acids is 1. The lowest BCUT2D eigenvalue weighted by Crippen LogP contribution is -2.30. The van der Waals surface area contributed by atoms with Crippen LogP contribution in [0.5, 0.6) is 0 Å². The van der Waals surface area contributed by atoms with Gasteiger partial charge in [0.15, 0.2) is 5.17 Å². The zero-order valence-corrected chi connectivity index (χ0v) is 9.21. The average molecular weight is 237 g/mol. The number of carbonyl (C=O) groups is 2. The van der Waals surface area contributed by atoms with E-state index < -0.39 is 25.6 Å². The van der Waals surface area contributed by atoms with Crippen molar-refractivity contribution >= 4 is 29.0 Å². The lowest BCUT2D eigenvalue weighted by Gasteiger charge is -2.16. The third-order valence-corrected chi connectivity index (χ3v) is 1.84. The van der Waals surface area contributed by atoms with Gasteiger partial charge in [0.25, 0.3) is 0 Å². The van der Waals surface area contributed by atoms with Crippen LogP contribution in [0.15, 0.2) is 4.99 Å². The summed E-state index contributed by atoms with van der Waals surface area (Å²) in [5.74, 6) is -1.34. The molecule has 0 atom stereocenters. The van der Waals surface area contributed by atoms with E-state index in [0.717, 1.165) is 11.8 Å². The second-order valence-corrected chi connectivity index (χ2v) is 3.05. The molecule has 0 radical (unpaired) electrons. The largest absolute Gasteiger partial charge is 0.480 e. The maximum Gasteiger partial charge on any atom is 0.436 e. The van der Waals surface area contributed by atoms with E-state index in [1.54, 1.807) is 6.92 Å². The number of ether oxygens (including phenoxy) is 1. The SMILES string of the molecule is [2H]C([2H])([2H])N(CC(=O)O)/C(=N/C(=O)OCC)SC. The number of hydrogen-bond acceptors (Lipinski definition) is 4. The Bertz CT molecular complexity index is 346. The van der Waals surface area contributed by atoms with E-state index in [2.05, 4.69) is 9.73 Å². The molecule has 0 aromatic heterocycles. The molecule has 6 nitrogen and oxygen atoms in total. The predicted octanol–water partition coefficient (Wildman–Crippen LogP) is 0.878. The summed E-state index contributed by atoms with van der Waals surface area (Å²) >= 11 is 0.853. The van der Waals surface area contributed by atoms with E-state index in [0.29, 0.717) is 4.90 Å². The van der Waals surface area contributed by atoms with Crippen LogP contribution in [0.25, 0.3) is 0 Å². The Morgan fingerprint density at radius 1 is 1.67 bits per heavy atom. The molecule has 7 heteroatoms. The molecule has 0 saturated heterocycles. The Morgan fingerprint density at radius 3 is 2.73 bits per heavy atom. The Kier molecular flexibility index (Phi) is 4.27. The minimum Gasteiger partial charge on any atom is -0.480 e. The van der Waals surface area contributed by atoms with Crippen molar-refractivity contribution in [1.82, 2.24) is 4.90 Å². The summed E-state index contributed by atoms with van der Waals surface area (Å²) in [5, 5.41) is 8.43. The number of amides is 1. The van der Waals surface area contributed by atoms with Gasteiger partial charge in [-0.2, -0.15) is 4.99 Å². The van der Waals surface area contributed by atoms with Crippen LogP contribution < -0.4 is 0 Å². The average Bonchev–Trinajstić information content (AvgIpc) is 2.21. The van der Waals surface area contributed by atoms with E-state index in [1.165, 1.54) is 6.26 Å². The van der Waals surface area contributed by atoms with Gasteiger partial charge in [0.05, 0.1) is 6.61 Å². The fourth-order valence-electron chi connectivity index (χ4n) is 0.653. The summed E-state index contributed by atoms with van der Waals surface area (Å²) in [7, 11) is 0. The number of likely N-dealkylation sites (N-methyl/N-ethyl adjacent to an activating group) is 1. The normalized spacial score (nSPS) is 14.8. The molecule has 0 bridgehead atoms. The highest BCUT2D eigenvalue weighted by atomic mass is 32.2. The number of nitrogens with zero attached hydrogens (tertiary/aromatic N) is 2. The molecule has 0 rings (SSSR count). The van der Waals surface area contributed by atoms with Gasteiger partial charge in [-0.1, -0.05) is 11.8 Å². The maximum absolute atomic E-state index is 11.1. The van der Waals surface area contributed by atoms with Crippen LogP contribution in [-0.2, 0) is 9.53 Å². The summed E-state index contributed by atoms with van der Waals surface area (Å²) < 4.78 is 26.2. The zero-order chi connectivity index (χ0) is 14.3. The quantitative estimate of drug-likeness (QED) is 0.580. The molecular formula is C8H14N2O4S. The first-order chi connectivity index (χ1) is 8.22. The first kappa shape index (κ1) is 9.02. The minimum atomic E-state index is -2.70. The highest BCUT2D eigenvalue weighted by Gasteiger charge is 2.11. The van der Waals surface area contributed by atoms with Crippen LogP contribution in [0.3, 0.4) is 0 Å². The molecular weight excluding hydrogens is 220 g/mol. The highest BCUT2D eigenvalue weighted by molar-refractivity contribution is 8.13. The van der Waals surface area contributed by atoms with E-state index in [1.807, 2.05) is 0 Å². The number of carbonyl (C=O) groups excluding carboxylic acids is 1. The second kappa shape index (κ2) is 7.10. The van der Waals surface area contributed by atoms with Gasteiger partial charge in [-0.25, -0.2) is 4.79 Å². The molecule has 15 heavy (non-hydrogen) atoms. The molecule has 0 aliphatic heterocycles. The minimum absolute atomic E-state index is 0.0939. The van der Waals surface area contributed by atoms with Crippen LogP contribution in [0.1, 0.15) is 11.0 Å². The molecule has 0 aliphatic rings. The summed E-state index contributed by atoms with van der Waals surface area (Å²) in [4.78, 5) is 25.7. The van der Waals surface area contributed by atoms with Gasteiger partial charge in [0, 0.05) is 11.1 Å². The van der Waals surface area contributed by atoms with Gasteiger partial charge < -0.3 is 14.7 Å². The summed E-state index contributed by atoms with van der Waals surface area (Å²) in [6, 6.07) is 0. The summed E-state index contributed by atoms with van der Waals surface area (Å²) in [6.45, 7) is -1.82. The van der Waals surface area contributed by atoms with Gasteiger partial charge >= 0.3 is 12.1 Å². The molecule has 0 aliphatic carbocycles. The topological polar surface area (TPSA) is 79.2 Å². The monoisotopic (exact) mass is 237 g/mol. The molecule has 0 unspecified atom stereocenters. The standard InChI is InChI=1S/C8H14N2O4S/c1-4-14-8(13)9-7(15-3)10(2)5-6(11)12/h4-5H2,1-3H3,(H,11,12)/b9-7-/i2D3. The number of amidine groups is 1. The molecule has 0 aromatic carbocycles. The summed E-state index contributed by atoms with van der Waals surface area (Å²) in [5.41, 5.74) is 0. The van der Waals surface area contributed by atoms with Crippen molar-refractivity contribution in [3.05, 3.63) is 0 Å². The Balaban J connectivity index is 5.15. The van der Waals surface area contributed by atoms with E-state index in [-0.39, 0.29) is 11.8 Å². The maximum atomic E-state index is 11.1.